The summed E-state index contributed by atoms with van der Waals surface area (Å²) in [5, 5.41) is 11.6. The molecule has 0 aliphatic heterocycles. The summed E-state index contributed by atoms with van der Waals surface area (Å²) in [5.74, 6) is 0.764. The highest BCUT2D eigenvalue weighted by molar-refractivity contribution is 4.99. The van der Waals surface area contributed by atoms with E-state index in [1.54, 1.807) is 11.8 Å². The highest BCUT2D eigenvalue weighted by atomic mass is 16.5. The Morgan fingerprint density at radius 2 is 2.07 bits per heavy atom. The number of hydrogen-bond donors (Lipinski definition) is 1. The lowest BCUT2D eigenvalue weighted by atomic mass is 9.96. The van der Waals surface area contributed by atoms with Gasteiger partial charge in [-0.1, -0.05) is 13.8 Å². The second kappa shape index (κ2) is 5.18. The molecule has 0 saturated heterocycles. The molecule has 0 saturated carbocycles. The molecule has 0 aliphatic rings. The number of rotatable bonds is 6. The summed E-state index contributed by atoms with van der Waals surface area (Å²) in [6, 6.07) is 0. The van der Waals surface area contributed by atoms with Crippen LogP contribution in [-0.2, 0) is 16.9 Å². The molecule has 0 fully saturated rings. The van der Waals surface area contributed by atoms with Crippen molar-refractivity contribution in [1.82, 2.24) is 20.2 Å². The third-order valence-corrected chi connectivity index (χ3v) is 2.81. The fourth-order valence-corrected chi connectivity index (χ4v) is 1.75. The number of nitrogens with zero attached hydrogens (tertiary/aromatic N) is 4. The molecule has 0 bridgehead atoms. The van der Waals surface area contributed by atoms with Crippen LogP contribution < -0.4 is 5.73 Å². The van der Waals surface area contributed by atoms with Gasteiger partial charge in [0.1, 0.15) is 5.60 Å². The lowest BCUT2D eigenvalue weighted by molar-refractivity contribution is -0.0326. The first-order valence-corrected chi connectivity index (χ1v) is 5.26. The van der Waals surface area contributed by atoms with Crippen molar-refractivity contribution in [2.75, 3.05) is 13.7 Å². The van der Waals surface area contributed by atoms with Gasteiger partial charge in [-0.05, 0) is 23.3 Å². The van der Waals surface area contributed by atoms with Crippen LogP contribution in [0.3, 0.4) is 0 Å². The van der Waals surface area contributed by atoms with Crippen LogP contribution in [0, 0.1) is 0 Å². The van der Waals surface area contributed by atoms with Gasteiger partial charge in [0.05, 0.1) is 6.54 Å². The Hall–Kier alpha value is -1.01. The molecular formula is C9H19N5O. The van der Waals surface area contributed by atoms with E-state index >= 15 is 0 Å². The summed E-state index contributed by atoms with van der Waals surface area (Å²) in [4.78, 5) is 0. The summed E-state index contributed by atoms with van der Waals surface area (Å²) in [6.07, 6.45) is 1.68. The quantitative estimate of drug-likeness (QED) is 0.735. The van der Waals surface area contributed by atoms with Crippen LogP contribution in [0.4, 0.5) is 0 Å². The first-order valence-electron chi connectivity index (χ1n) is 5.26. The molecule has 6 nitrogen and oxygen atoms in total. The molecule has 2 N–H and O–H groups in total. The predicted octanol–water partition coefficient (Wildman–Crippen LogP) is 0.293. The van der Waals surface area contributed by atoms with Gasteiger partial charge in [0.15, 0.2) is 5.82 Å². The van der Waals surface area contributed by atoms with Crippen LogP contribution in [0.15, 0.2) is 0 Å². The van der Waals surface area contributed by atoms with Gasteiger partial charge < -0.3 is 10.5 Å². The molecule has 0 atom stereocenters. The van der Waals surface area contributed by atoms with Crippen molar-refractivity contribution in [2.45, 2.75) is 38.8 Å². The van der Waals surface area contributed by atoms with Crippen LogP contribution in [0.2, 0.25) is 0 Å². The summed E-state index contributed by atoms with van der Waals surface area (Å²) in [6.45, 7) is 5.27. The summed E-state index contributed by atoms with van der Waals surface area (Å²) in [7, 11) is 1.69. The molecule has 1 rings (SSSR count). The number of hydrogen-bond acceptors (Lipinski definition) is 5. The van der Waals surface area contributed by atoms with Gasteiger partial charge in [-0.15, -0.1) is 5.10 Å². The van der Waals surface area contributed by atoms with Crippen molar-refractivity contribution < 1.29 is 4.74 Å². The van der Waals surface area contributed by atoms with Gasteiger partial charge in [-0.3, -0.25) is 0 Å². The van der Waals surface area contributed by atoms with E-state index in [1.807, 2.05) is 0 Å². The van der Waals surface area contributed by atoms with Crippen molar-refractivity contribution in [3.8, 4) is 0 Å². The third-order valence-electron chi connectivity index (χ3n) is 2.81. The molecule has 1 heterocycles. The van der Waals surface area contributed by atoms with Crippen LogP contribution >= 0.6 is 0 Å². The summed E-state index contributed by atoms with van der Waals surface area (Å²) >= 11 is 0. The summed E-state index contributed by atoms with van der Waals surface area (Å²) < 4.78 is 7.28. The Kier molecular flexibility index (Phi) is 4.16. The number of nitrogens with two attached hydrogens (primary N) is 1. The van der Waals surface area contributed by atoms with E-state index in [9.17, 15) is 0 Å². The first-order chi connectivity index (χ1) is 7.24. The Morgan fingerprint density at radius 3 is 2.53 bits per heavy atom. The highest BCUT2D eigenvalue weighted by Crippen LogP contribution is 2.29. The number of methoxy groups -OCH3 is 1. The molecule has 6 heteroatoms. The van der Waals surface area contributed by atoms with Gasteiger partial charge in [0, 0.05) is 13.7 Å². The van der Waals surface area contributed by atoms with Gasteiger partial charge >= 0.3 is 0 Å². The zero-order chi connectivity index (χ0) is 11.3. The summed E-state index contributed by atoms with van der Waals surface area (Å²) in [5.41, 5.74) is 5.11. The highest BCUT2D eigenvalue weighted by Gasteiger charge is 2.34. The van der Waals surface area contributed by atoms with E-state index in [0.717, 1.165) is 18.7 Å². The smallest absolute Gasteiger partial charge is 0.183 e. The standard InChI is InChI=1S/C9H19N5O/c1-4-9(5-2,15-3)8-11-12-13-14(8)7-6-10/h4-7,10H2,1-3H3. The van der Waals surface area contributed by atoms with Crippen molar-refractivity contribution in [1.29, 1.82) is 0 Å². The second-order valence-corrected chi connectivity index (χ2v) is 3.42. The zero-order valence-electron chi connectivity index (χ0n) is 9.60. The van der Waals surface area contributed by atoms with Crippen LogP contribution in [-0.4, -0.2) is 33.9 Å². The molecule has 15 heavy (non-hydrogen) atoms. The van der Waals surface area contributed by atoms with Gasteiger partial charge in [-0.25, -0.2) is 4.68 Å². The topological polar surface area (TPSA) is 78.9 Å². The lowest BCUT2D eigenvalue weighted by Crippen LogP contribution is -2.32. The van der Waals surface area contributed by atoms with E-state index in [4.69, 9.17) is 10.5 Å². The number of ether oxygens (including phenoxy) is 1. The molecule has 86 valence electrons. The Bertz CT molecular complexity index is 286. The second-order valence-electron chi connectivity index (χ2n) is 3.42. The van der Waals surface area contributed by atoms with Gasteiger partial charge in [-0.2, -0.15) is 0 Å². The minimum absolute atomic E-state index is 0.390. The van der Waals surface area contributed by atoms with E-state index in [0.29, 0.717) is 13.1 Å². The molecular weight excluding hydrogens is 194 g/mol. The molecule has 1 aromatic heterocycles. The van der Waals surface area contributed by atoms with Crippen LogP contribution in [0.1, 0.15) is 32.5 Å². The fourth-order valence-electron chi connectivity index (χ4n) is 1.75. The molecule has 0 unspecified atom stereocenters. The predicted molar refractivity (Wildman–Crippen MR) is 56.1 cm³/mol. The zero-order valence-corrected chi connectivity index (χ0v) is 9.60. The van der Waals surface area contributed by atoms with Gasteiger partial charge in [0.2, 0.25) is 0 Å². The average Bonchev–Trinajstić information content (AvgIpc) is 2.71. The average molecular weight is 213 g/mol. The minimum atomic E-state index is -0.390. The molecule has 0 aliphatic carbocycles. The van der Waals surface area contributed by atoms with E-state index in [1.165, 1.54) is 0 Å². The van der Waals surface area contributed by atoms with Crippen molar-refractivity contribution in [2.24, 2.45) is 5.73 Å². The Labute approximate surface area is 89.8 Å². The number of tetrazole rings is 1. The van der Waals surface area contributed by atoms with Gasteiger partial charge in [0.25, 0.3) is 0 Å². The molecule has 0 aromatic carbocycles. The molecule has 0 spiro atoms. The normalized spacial score (nSPS) is 12.0. The third kappa shape index (κ3) is 2.15. The maximum absolute atomic E-state index is 5.56. The Balaban J connectivity index is 3.04. The van der Waals surface area contributed by atoms with E-state index in [2.05, 4.69) is 29.4 Å². The maximum atomic E-state index is 5.56. The molecule has 1 aromatic rings. The maximum Gasteiger partial charge on any atom is 0.183 e. The van der Waals surface area contributed by atoms with Crippen molar-refractivity contribution in [3.05, 3.63) is 5.82 Å². The van der Waals surface area contributed by atoms with E-state index < -0.39 is 5.60 Å². The molecule has 0 amide bonds. The lowest BCUT2D eigenvalue weighted by Gasteiger charge is -2.28. The van der Waals surface area contributed by atoms with Crippen LogP contribution in [0.25, 0.3) is 0 Å². The largest absolute Gasteiger partial charge is 0.370 e. The molecule has 0 radical (unpaired) electrons. The van der Waals surface area contributed by atoms with Crippen molar-refractivity contribution in [3.63, 3.8) is 0 Å². The monoisotopic (exact) mass is 213 g/mol. The Morgan fingerprint density at radius 1 is 1.40 bits per heavy atom. The van der Waals surface area contributed by atoms with Crippen molar-refractivity contribution >= 4 is 0 Å². The first kappa shape index (κ1) is 12.1. The minimum Gasteiger partial charge on any atom is -0.370 e. The fraction of sp³-hybridized carbons (Fsp3) is 0.889. The van der Waals surface area contributed by atoms with Crippen LogP contribution in [0.5, 0.6) is 0 Å². The SMILES string of the molecule is CCC(CC)(OC)c1nnnn1CCN. The van der Waals surface area contributed by atoms with E-state index in [-0.39, 0.29) is 0 Å². The number of aromatic nitrogens is 4.